The summed E-state index contributed by atoms with van der Waals surface area (Å²) < 4.78 is 0. The molecule has 0 saturated heterocycles. The second-order valence-electron chi connectivity index (χ2n) is 8.77. The van der Waals surface area contributed by atoms with Gasteiger partial charge in [-0.2, -0.15) is 0 Å². The van der Waals surface area contributed by atoms with Crippen molar-refractivity contribution in [2.45, 2.75) is 78.7 Å². The third-order valence-corrected chi connectivity index (χ3v) is 6.32. The summed E-state index contributed by atoms with van der Waals surface area (Å²) in [5.41, 5.74) is -0.344. The summed E-state index contributed by atoms with van der Waals surface area (Å²) >= 11 is 0. The van der Waals surface area contributed by atoms with E-state index in [-0.39, 0.29) is 17.1 Å². The van der Waals surface area contributed by atoms with Crippen molar-refractivity contribution in [2.24, 2.45) is 23.2 Å². The highest BCUT2D eigenvalue weighted by molar-refractivity contribution is 5.92. The molecule has 0 aromatic carbocycles. The van der Waals surface area contributed by atoms with Crippen molar-refractivity contribution in [3.63, 3.8) is 0 Å². The van der Waals surface area contributed by atoms with Gasteiger partial charge in [-0.1, -0.05) is 27.7 Å². The van der Waals surface area contributed by atoms with Crippen molar-refractivity contribution in [1.29, 1.82) is 0 Å². The Bertz CT molecular complexity index is 536. The summed E-state index contributed by atoms with van der Waals surface area (Å²) in [6.07, 6.45) is 5.72. The summed E-state index contributed by atoms with van der Waals surface area (Å²) in [5.74, 6) is 1.40. The molecular formula is C20H32O4. The third-order valence-electron chi connectivity index (χ3n) is 6.32. The Balaban J connectivity index is 2.16. The molecule has 24 heavy (non-hydrogen) atoms. The number of carbonyl (C=O) groups excluding carboxylic acids is 2. The van der Waals surface area contributed by atoms with Gasteiger partial charge in [-0.05, 0) is 55.6 Å². The molecule has 0 aromatic rings. The molecule has 1 unspecified atom stereocenters. The van der Waals surface area contributed by atoms with Crippen LogP contribution in [0.5, 0.6) is 0 Å². The summed E-state index contributed by atoms with van der Waals surface area (Å²) in [6.45, 7) is 10.2. The van der Waals surface area contributed by atoms with E-state index in [1.54, 1.807) is 6.08 Å². The standard InChI is InChI=1S/C20H32O4/c1-13(2)8-17(21)9-14(3)16-6-7-19(5)12-18(22)10-15(4)20(19,11-16)24-23/h10,13-14,16,23H,6-9,11-12H2,1-5H3/t14?,16-,19+,20-/m1/s1. The molecule has 2 rings (SSSR count). The van der Waals surface area contributed by atoms with Gasteiger partial charge in [0.05, 0.1) is 0 Å². The molecule has 136 valence electrons. The van der Waals surface area contributed by atoms with Gasteiger partial charge in [-0.3, -0.25) is 14.8 Å². The summed E-state index contributed by atoms with van der Waals surface area (Å²) in [6, 6.07) is 0. The monoisotopic (exact) mass is 336 g/mol. The minimum absolute atomic E-state index is 0.112. The second-order valence-corrected chi connectivity index (χ2v) is 8.77. The fourth-order valence-electron chi connectivity index (χ4n) is 4.85. The lowest BCUT2D eigenvalue weighted by Gasteiger charge is -2.54. The maximum Gasteiger partial charge on any atom is 0.156 e. The highest BCUT2D eigenvalue weighted by Crippen LogP contribution is 2.57. The van der Waals surface area contributed by atoms with Gasteiger partial charge in [0, 0.05) is 24.7 Å². The highest BCUT2D eigenvalue weighted by atomic mass is 17.1. The van der Waals surface area contributed by atoms with E-state index >= 15 is 0 Å². The van der Waals surface area contributed by atoms with Gasteiger partial charge < -0.3 is 0 Å². The van der Waals surface area contributed by atoms with Crippen molar-refractivity contribution in [3.8, 4) is 0 Å². The smallest absolute Gasteiger partial charge is 0.156 e. The quantitative estimate of drug-likeness (QED) is 0.569. The van der Waals surface area contributed by atoms with Crippen LogP contribution in [-0.4, -0.2) is 22.4 Å². The average Bonchev–Trinajstić information content (AvgIpc) is 2.45. The number of fused-ring (bicyclic) bond motifs is 1. The number of hydrogen-bond acceptors (Lipinski definition) is 4. The lowest BCUT2D eigenvalue weighted by molar-refractivity contribution is -0.352. The zero-order valence-corrected chi connectivity index (χ0v) is 15.7. The first-order chi connectivity index (χ1) is 11.1. The van der Waals surface area contributed by atoms with Crippen molar-refractivity contribution in [2.75, 3.05) is 0 Å². The molecule has 0 spiro atoms. The van der Waals surface area contributed by atoms with Crippen LogP contribution in [0.3, 0.4) is 0 Å². The Morgan fingerprint density at radius 3 is 2.62 bits per heavy atom. The minimum Gasteiger partial charge on any atom is -0.300 e. The Morgan fingerprint density at radius 1 is 1.38 bits per heavy atom. The van der Waals surface area contributed by atoms with Crippen LogP contribution in [0.4, 0.5) is 0 Å². The Hall–Kier alpha value is -1.00. The predicted molar refractivity (Wildman–Crippen MR) is 93.5 cm³/mol. The van der Waals surface area contributed by atoms with Gasteiger partial charge >= 0.3 is 0 Å². The molecule has 2 aliphatic rings. The lowest BCUT2D eigenvalue weighted by atomic mass is 9.53. The highest BCUT2D eigenvalue weighted by Gasteiger charge is 2.57. The largest absolute Gasteiger partial charge is 0.300 e. The van der Waals surface area contributed by atoms with Crippen LogP contribution in [0, 0.1) is 23.2 Å². The average molecular weight is 336 g/mol. The number of carbonyl (C=O) groups is 2. The Labute approximate surface area is 145 Å². The van der Waals surface area contributed by atoms with Gasteiger partial charge in [0.2, 0.25) is 0 Å². The van der Waals surface area contributed by atoms with Crippen molar-refractivity contribution >= 4 is 11.6 Å². The number of Topliss-reactive ketones (excluding diaryl/α,β-unsaturated/α-hetero) is 1. The van der Waals surface area contributed by atoms with E-state index in [4.69, 9.17) is 4.89 Å². The van der Waals surface area contributed by atoms with E-state index in [9.17, 15) is 14.8 Å². The second kappa shape index (κ2) is 7.09. The molecule has 1 fully saturated rings. The minimum atomic E-state index is -0.792. The molecular weight excluding hydrogens is 304 g/mol. The molecule has 0 heterocycles. The predicted octanol–water partition coefficient (Wildman–Crippen LogP) is 4.58. The molecule has 0 bridgehead atoms. The molecule has 1 N–H and O–H groups in total. The van der Waals surface area contributed by atoms with Crippen molar-refractivity contribution < 1.29 is 19.7 Å². The molecule has 1 saturated carbocycles. The van der Waals surface area contributed by atoms with Gasteiger partial charge in [-0.15, -0.1) is 0 Å². The van der Waals surface area contributed by atoms with E-state index in [0.29, 0.717) is 43.3 Å². The van der Waals surface area contributed by atoms with Crippen molar-refractivity contribution in [1.82, 2.24) is 0 Å². The summed E-state index contributed by atoms with van der Waals surface area (Å²) in [7, 11) is 0. The van der Waals surface area contributed by atoms with Gasteiger partial charge in [0.25, 0.3) is 0 Å². The third kappa shape index (κ3) is 3.50. The zero-order chi connectivity index (χ0) is 18.1. The number of allylic oxidation sites excluding steroid dienone is 1. The van der Waals surface area contributed by atoms with Crippen LogP contribution >= 0.6 is 0 Å². The molecule has 4 heteroatoms. The molecule has 4 nitrogen and oxygen atoms in total. The first kappa shape index (κ1) is 19.3. The molecule has 4 atom stereocenters. The fraction of sp³-hybridized carbons (Fsp3) is 0.800. The fourth-order valence-corrected chi connectivity index (χ4v) is 4.85. The number of ketones is 2. The van der Waals surface area contributed by atoms with Gasteiger partial charge in [-0.25, -0.2) is 4.89 Å². The summed E-state index contributed by atoms with van der Waals surface area (Å²) in [4.78, 5) is 29.3. The molecule has 0 amide bonds. The maximum atomic E-state index is 12.2. The van der Waals surface area contributed by atoms with Crippen molar-refractivity contribution in [3.05, 3.63) is 11.6 Å². The summed E-state index contributed by atoms with van der Waals surface area (Å²) in [5, 5.41) is 9.78. The van der Waals surface area contributed by atoms with Gasteiger partial charge in [0.1, 0.15) is 11.4 Å². The van der Waals surface area contributed by atoms with E-state index in [0.717, 1.165) is 18.4 Å². The van der Waals surface area contributed by atoms with Crippen LogP contribution in [-0.2, 0) is 14.5 Å². The van der Waals surface area contributed by atoms with Crippen LogP contribution in [0.15, 0.2) is 11.6 Å². The normalized spacial score (nSPS) is 34.7. The topological polar surface area (TPSA) is 63.6 Å². The van der Waals surface area contributed by atoms with E-state index in [1.165, 1.54) is 0 Å². The van der Waals surface area contributed by atoms with Crippen LogP contribution in [0.25, 0.3) is 0 Å². The Kier molecular flexibility index (Phi) is 5.71. The Morgan fingerprint density at radius 2 is 2.04 bits per heavy atom. The first-order valence-corrected chi connectivity index (χ1v) is 9.19. The molecule has 0 aromatic heterocycles. The van der Waals surface area contributed by atoms with Gasteiger partial charge in [0.15, 0.2) is 5.78 Å². The lowest BCUT2D eigenvalue weighted by Crippen LogP contribution is -2.56. The number of hydrogen-bond donors (Lipinski definition) is 1. The molecule has 0 radical (unpaired) electrons. The first-order valence-electron chi connectivity index (χ1n) is 9.19. The molecule has 0 aliphatic heterocycles. The molecule has 2 aliphatic carbocycles. The van der Waals surface area contributed by atoms with E-state index in [1.807, 2.05) is 13.8 Å². The maximum absolute atomic E-state index is 12.2. The van der Waals surface area contributed by atoms with Crippen LogP contribution < -0.4 is 0 Å². The SMILES string of the molecule is CC1=CC(=O)C[C@]2(C)CC[C@@H](C(C)CC(=O)CC(C)C)C[C@@]12OO. The van der Waals surface area contributed by atoms with Crippen LogP contribution in [0.2, 0.25) is 0 Å². The number of rotatable bonds is 6. The van der Waals surface area contributed by atoms with E-state index in [2.05, 4.69) is 20.8 Å². The van der Waals surface area contributed by atoms with E-state index < -0.39 is 5.60 Å². The zero-order valence-electron chi connectivity index (χ0n) is 15.7. The van der Waals surface area contributed by atoms with Crippen LogP contribution in [0.1, 0.15) is 73.1 Å².